The zero-order valence-corrected chi connectivity index (χ0v) is 44.8. The number of nitrogens with one attached hydrogen (secondary N) is 6. The fourth-order valence-corrected chi connectivity index (χ4v) is 7.47. The van der Waals surface area contributed by atoms with Gasteiger partial charge in [0.25, 0.3) is 11.8 Å². The number of amides is 3. The number of alkyl halides is 9. The number of carbonyl (C=O) groups excluding carboxylic acids is 3. The van der Waals surface area contributed by atoms with Gasteiger partial charge in [-0.3, -0.25) is 9.59 Å². The van der Waals surface area contributed by atoms with Gasteiger partial charge >= 0.3 is 30.6 Å². The normalized spacial score (nSPS) is 13.6. The summed E-state index contributed by atoms with van der Waals surface area (Å²) in [7, 11) is 0. The Balaban J connectivity index is -0.0000000544. The number of rotatable bonds is 22. The molecule has 0 atom stereocenters. The number of ether oxygens (including phenoxy) is 1. The van der Waals surface area contributed by atoms with Gasteiger partial charge in [0.2, 0.25) is 0 Å². The molecule has 13 nitrogen and oxygen atoms in total. The molecule has 3 amide bonds. The molecule has 0 aromatic heterocycles. The van der Waals surface area contributed by atoms with Gasteiger partial charge in [0, 0.05) is 108 Å². The summed E-state index contributed by atoms with van der Waals surface area (Å²) < 4.78 is 350. The molecule has 486 valence electrons. The molecule has 6 rings (SSSR count). The minimum atomic E-state index is -4.44. The SMILES string of the molecule is CC(C)(C)OC(=O)NCCCCCCNC(=O)c1ccccc1Nc1cccc(C(F)(F)F)c1.NCCCCCCNC(=O)c1ccccc1Nc1cccc(C(F)(F)F)c1.O=C(O)c1ccccc1Nc1cccc(C(F)(F)F)c1.[2HH].[2HH].[2H][2H].[2H][2H].[2H][2H].[2H][2H].[2H][2H].[2H][2H].[2H][2H].[2H][2H].[2H][2H].[2H][2H].[2H][2H].[2H][2H].[2H][2H].[2H][2H].[2H][2H].[2H][2H].[2H][2H].[2H][2H].[2H][2H].[2H][2H].[2H][2H].[2H][2H].[2H][2H]. The summed E-state index contributed by atoms with van der Waals surface area (Å²) in [5.74, 6) is -1.72. The number of benzene rings is 6. The van der Waals surface area contributed by atoms with Crippen LogP contribution in [0.4, 0.5) is 78.4 Å². The molecule has 0 unspecified atom stereocenters. The molecule has 0 aliphatic heterocycles. The number of unbranched alkanes of at least 4 members (excludes halogenated alkanes) is 6. The molecule has 6 aromatic carbocycles. The van der Waals surface area contributed by atoms with Crippen LogP contribution >= 0.6 is 0 Å². The Bertz CT molecular complexity index is 3090. The van der Waals surface area contributed by atoms with Crippen molar-refractivity contribution < 1.29 is 140 Å². The zero-order valence-electron chi connectivity index (χ0n) is 90.8. The third-order valence-electron chi connectivity index (χ3n) is 11.4. The van der Waals surface area contributed by atoms with E-state index in [1.807, 2.05) is 0 Å². The Morgan fingerprint density at radius 2 is 0.778 bits per heavy atom. The maximum absolute atomic E-state index is 13.0. The predicted molar refractivity (Wildman–Crippen MR) is 348 cm³/mol. The van der Waals surface area contributed by atoms with Crippen LogP contribution in [0.25, 0.3) is 0 Å². The first-order valence-electron chi connectivity index (χ1n) is 48.8. The van der Waals surface area contributed by atoms with Crippen LogP contribution in [0.5, 0.6) is 0 Å². The lowest BCUT2D eigenvalue weighted by Gasteiger charge is -2.19. The van der Waals surface area contributed by atoms with Gasteiger partial charge in [0.1, 0.15) is 5.60 Å². The average Bonchev–Trinajstić information content (AvgIpc) is 0.840. The molecule has 0 aliphatic carbocycles. The third kappa shape index (κ3) is 23.9. The Hall–Kier alpha value is -8.27. The highest BCUT2D eigenvalue weighted by atomic mass is 19.4. The van der Waals surface area contributed by atoms with Crippen molar-refractivity contribution in [1.29, 1.82) is 0 Å². The monoisotopic (exact) mass is 1240 g/mol. The van der Waals surface area contributed by atoms with E-state index >= 15 is 0 Å². The fraction of sp³-hybridized carbons (Fsp3) is 0.322. The second-order valence-electron chi connectivity index (χ2n) is 19.1. The van der Waals surface area contributed by atoms with Crippen molar-refractivity contribution in [3.63, 3.8) is 0 Å². The van der Waals surface area contributed by atoms with Crippen molar-refractivity contribution in [2.45, 2.75) is 96.3 Å². The molecular weight excluding hydrogens is 1070 g/mol. The third-order valence-corrected chi connectivity index (χ3v) is 11.4. The minimum Gasteiger partial charge on any atom is -0.478 e. The zero-order chi connectivity index (χ0) is 106. The topological polar surface area (TPSA) is 196 Å². The van der Waals surface area contributed by atoms with Gasteiger partial charge in [-0.15, -0.1) is 0 Å². The first-order valence-corrected chi connectivity index (χ1v) is 25.8. The van der Waals surface area contributed by atoms with Crippen LogP contribution in [-0.2, 0) is 23.3 Å². The lowest BCUT2D eigenvalue weighted by molar-refractivity contribution is -0.138. The maximum atomic E-state index is 13.0. The van der Waals surface area contributed by atoms with E-state index in [0.29, 0.717) is 48.7 Å². The van der Waals surface area contributed by atoms with Crippen LogP contribution in [-0.4, -0.2) is 60.8 Å². The molecule has 0 heterocycles. The van der Waals surface area contributed by atoms with Gasteiger partial charge in [-0.25, -0.2) is 9.59 Å². The van der Waals surface area contributed by atoms with Crippen LogP contribution < -0.4 is 37.6 Å². The highest BCUT2D eigenvalue weighted by Gasteiger charge is 2.32. The second kappa shape index (κ2) is 31.5. The van der Waals surface area contributed by atoms with Crippen LogP contribution in [0.3, 0.4) is 0 Å². The fourth-order valence-electron chi connectivity index (χ4n) is 7.47. The number of carbonyl (C=O) groups is 4. The molecule has 0 saturated carbocycles. The molecule has 0 fully saturated rings. The van der Waals surface area contributed by atoms with Crippen molar-refractivity contribution in [1.82, 2.24) is 16.0 Å². The largest absolute Gasteiger partial charge is 0.478 e. The molecular formula is C59H116F9N7O6. The number of para-hydroxylation sites is 3. The van der Waals surface area contributed by atoms with Gasteiger partial charge < -0.3 is 47.5 Å². The van der Waals surface area contributed by atoms with E-state index in [4.69, 9.17) is 83.9 Å². The Morgan fingerprint density at radius 3 is 1.11 bits per heavy atom. The van der Waals surface area contributed by atoms with Gasteiger partial charge in [-0.1, -0.05) is 80.3 Å². The summed E-state index contributed by atoms with van der Waals surface area (Å²) in [4.78, 5) is 47.6. The van der Waals surface area contributed by atoms with Crippen molar-refractivity contribution >= 4 is 58.0 Å². The second-order valence-corrected chi connectivity index (χ2v) is 19.1. The minimum absolute atomic E-state index is 0. The molecule has 0 radical (unpaired) electrons. The maximum Gasteiger partial charge on any atom is 0.416 e. The summed E-state index contributed by atoms with van der Waals surface area (Å²) in [5, 5.41) is 25.9. The van der Waals surface area contributed by atoms with Crippen LogP contribution in [0.1, 0.15) is 191 Å². The van der Waals surface area contributed by atoms with Crippen molar-refractivity contribution in [3.8, 4) is 0 Å². The Kier molecular flexibility index (Phi) is 14.9. The highest BCUT2D eigenvalue weighted by Crippen LogP contribution is 2.35. The molecule has 0 saturated heterocycles. The van der Waals surface area contributed by atoms with E-state index in [9.17, 15) is 58.7 Å². The quantitative estimate of drug-likeness (QED) is 0.0239. The molecule has 0 spiro atoms. The van der Waals surface area contributed by atoms with E-state index in [0.717, 1.165) is 87.8 Å². The number of carboxylic acids is 1. The van der Waals surface area contributed by atoms with Crippen LogP contribution in [0.2, 0.25) is 0 Å². The predicted octanol–water partition coefficient (Wildman–Crippen LogP) is 21.3. The number of aromatic carboxylic acids is 1. The Morgan fingerprint density at radius 1 is 0.457 bits per heavy atom. The lowest BCUT2D eigenvalue weighted by Crippen LogP contribution is -2.33. The van der Waals surface area contributed by atoms with Gasteiger partial charge in [0.05, 0.1) is 50.4 Å². The molecule has 0 bridgehead atoms. The number of alkyl carbamates (subject to hydrolysis) is 1. The number of anilines is 6. The van der Waals surface area contributed by atoms with E-state index in [1.54, 1.807) is 81.4 Å². The first kappa shape index (κ1) is 38.4. The highest BCUT2D eigenvalue weighted by molar-refractivity contribution is 6.01. The summed E-state index contributed by atoms with van der Waals surface area (Å²) >= 11 is 0. The number of nitrogens with two attached hydrogens (primary N) is 1. The van der Waals surface area contributed by atoms with E-state index < -0.39 is 52.9 Å². The number of carboxylic acid groups (broad SMARTS) is 1. The number of hydrogen-bond acceptors (Lipinski definition) is 9. The van der Waals surface area contributed by atoms with Gasteiger partial charge in [0.15, 0.2) is 0 Å². The molecule has 6 aromatic rings. The van der Waals surface area contributed by atoms with Crippen molar-refractivity contribution in [2.75, 3.05) is 42.1 Å². The van der Waals surface area contributed by atoms with E-state index in [1.165, 1.54) is 48.5 Å². The smallest absolute Gasteiger partial charge is 0.416 e. The summed E-state index contributed by atoms with van der Waals surface area (Å²) in [6.07, 6.45) is -6.56. The van der Waals surface area contributed by atoms with Crippen molar-refractivity contribution in [2.24, 2.45) is 5.73 Å². The van der Waals surface area contributed by atoms with Gasteiger partial charge in [-0.05, 0) is 144 Å². The Labute approximate surface area is 538 Å². The molecule has 0 aliphatic rings. The summed E-state index contributed by atoms with van der Waals surface area (Å²) in [6, 6.07) is 33.7. The summed E-state index contributed by atoms with van der Waals surface area (Å²) in [5.41, 5.74) is 5.14. The molecule has 81 heavy (non-hydrogen) atoms. The average molecular weight is 1240 g/mol. The molecule has 22 heteroatoms. The first-order chi connectivity index (χ1) is 61.2. The van der Waals surface area contributed by atoms with E-state index in [-0.39, 0.29) is 43.0 Å². The van der Waals surface area contributed by atoms with Crippen LogP contribution in [0.15, 0.2) is 146 Å². The lowest BCUT2D eigenvalue weighted by atomic mass is 10.1. The van der Waals surface area contributed by atoms with Crippen LogP contribution in [0, 0.1) is 0 Å². The number of halogens is 9. The standard InChI is InChI=1S/C25H32F3N3O3.C20H24F3N3O.C14H10F3NO2.25H2/c1-24(2,3)34-23(33)30-16-9-5-4-8-15-29-22(32)20-13-6-7-14-21(20)31-19-12-10-11-18(17-19)25(26,27)28;21-20(22,23)15-8-7-9-16(14-15)26-18-11-4-3-10-17(18)19(27)25-13-6-2-1-5-12-24;15-14(16,17)9-4-3-5-10(8-9)18-12-7-2-1-6-11(12)13(19)20;;;;;;;;;;;;;;;;;;;;;;;;;/h6-7,10-14,17,31H,4-5,8-9,15-16H2,1-3H3,(H,29,32)(H,30,33);3-4,7-11,14,26H,1-2,5-6,12-13,24H2,(H,25,27);1-8,18H,(H,19,20);25*1H/i;;;23*1+1D;2*1+1. The summed E-state index contributed by atoms with van der Waals surface area (Å²) in [6.45, 7) is 7.62. The van der Waals surface area contributed by atoms with E-state index in [2.05, 4.69) is 31.9 Å². The number of hydrogen-bond donors (Lipinski definition) is 8. The van der Waals surface area contributed by atoms with Crippen molar-refractivity contribution in [3.05, 3.63) is 179 Å². The molecule has 9 N–H and O–H groups in total. The van der Waals surface area contributed by atoms with Gasteiger partial charge in [-0.2, -0.15) is 39.5 Å².